The van der Waals surface area contributed by atoms with Gasteiger partial charge in [-0.25, -0.2) is 0 Å². The van der Waals surface area contributed by atoms with Gasteiger partial charge in [0.05, 0.1) is 22.4 Å². The van der Waals surface area contributed by atoms with Gasteiger partial charge in [0.15, 0.2) is 0 Å². The third kappa shape index (κ3) is 3.89. The van der Waals surface area contributed by atoms with Gasteiger partial charge in [0.25, 0.3) is 0 Å². The molecule has 2 rings (SSSR count). The molecule has 0 aliphatic carbocycles. The number of amides is 1. The molecule has 1 amide bonds. The van der Waals surface area contributed by atoms with E-state index in [9.17, 15) is 4.79 Å². The van der Waals surface area contributed by atoms with E-state index in [4.69, 9.17) is 27.6 Å². The molecule has 3 nitrogen and oxygen atoms in total. The predicted octanol–water partition coefficient (Wildman–Crippen LogP) is 4.48. The van der Waals surface area contributed by atoms with Crippen molar-refractivity contribution in [3.63, 3.8) is 0 Å². The lowest BCUT2D eigenvalue weighted by atomic mass is 10.1. The van der Waals surface area contributed by atoms with E-state index >= 15 is 0 Å². The fourth-order valence-electron chi connectivity index (χ4n) is 1.67. The van der Waals surface area contributed by atoms with Gasteiger partial charge in [-0.3, -0.25) is 4.79 Å². The van der Waals surface area contributed by atoms with Crippen LogP contribution in [0.1, 0.15) is 24.3 Å². The molecule has 0 bridgehead atoms. The Morgan fingerprint density at radius 2 is 2.10 bits per heavy atom. The second kappa shape index (κ2) is 6.64. The second-order valence-electron chi connectivity index (χ2n) is 4.25. The zero-order valence-corrected chi connectivity index (χ0v) is 12.3. The van der Waals surface area contributed by atoms with Gasteiger partial charge < -0.3 is 9.73 Å². The Morgan fingerprint density at radius 1 is 1.30 bits per heavy atom. The summed E-state index contributed by atoms with van der Waals surface area (Å²) in [6.45, 7) is 1.87. The minimum absolute atomic E-state index is 0.168. The quantitative estimate of drug-likeness (QED) is 0.846. The second-order valence-corrected chi connectivity index (χ2v) is 5.07. The summed E-state index contributed by atoms with van der Waals surface area (Å²) in [6.07, 6.45) is 4.58. The van der Waals surface area contributed by atoms with Gasteiger partial charge in [0, 0.05) is 6.08 Å². The monoisotopic (exact) mass is 309 g/mol. The molecule has 0 fully saturated rings. The molecule has 1 atom stereocenters. The number of carbonyl (C=O) groups is 1. The van der Waals surface area contributed by atoms with Crippen LogP contribution in [0.5, 0.6) is 0 Å². The number of nitrogens with one attached hydrogen (secondary N) is 1. The van der Waals surface area contributed by atoms with E-state index in [1.807, 2.05) is 13.0 Å². The summed E-state index contributed by atoms with van der Waals surface area (Å²) in [5.74, 6) is 0.419. The van der Waals surface area contributed by atoms with Crippen molar-refractivity contribution in [2.24, 2.45) is 0 Å². The van der Waals surface area contributed by atoms with Crippen LogP contribution >= 0.6 is 23.2 Å². The van der Waals surface area contributed by atoms with Crippen LogP contribution in [0.4, 0.5) is 0 Å². The van der Waals surface area contributed by atoms with E-state index in [-0.39, 0.29) is 11.9 Å². The highest BCUT2D eigenvalue weighted by molar-refractivity contribution is 6.42. The molecule has 0 saturated heterocycles. The molecule has 0 saturated carbocycles. The number of halogens is 2. The first-order valence-electron chi connectivity index (χ1n) is 6.03. The topological polar surface area (TPSA) is 42.2 Å². The van der Waals surface area contributed by atoms with Gasteiger partial charge in [-0.1, -0.05) is 29.3 Å². The van der Waals surface area contributed by atoms with Crippen molar-refractivity contribution in [3.8, 4) is 0 Å². The maximum absolute atomic E-state index is 11.8. The number of rotatable bonds is 4. The minimum atomic E-state index is -0.208. The van der Waals surface area contributed by atoms with E-state index < -0.39 is 0 Å². The molecule has 1 N–H and O–H groups in total. The highest BCUT2D eigenvalue weighted by Gasteiger charge is 2.09. The van der Waals surface area contributed by atoms with Gasteiger partial charge in [-0.2, -0.15) is 0 Å². The molecule has 0 spiro atoms. The minimum Gasteiger partial charge on any atom is -0.465 e. The van der Waals surface area contributed by atoms with Crippen molar-refractivity contribution < 1.29 is 9.21 Å². The Labute approximate surface area is 127 Å². The number of carbonyl (C=O) groups excluding carboxylic acids is 1. The smallest absolute Gasteiger partial charge is 0.244 e. The average Bonchev–Trinajstić information content (AvgIpc) is 2.92. The number of furan rings is 1. The summed E-state index contributed by atoms with van der Waals surface area (Å²) in [5.41, 5.74) is 0.888. The molecular formula is C15H13Cl2NO2. The van der Waals surface area contributed by atoms with Gasteiger partial charge in [-0.05, 0) is 42.8 Å². The molecule has 104 valence electrons. The van der Waals surface area contributed by atoms with Crippen molar-refractivity contribution in [2.45, 2.75) is 13.0 Å². The summed E-state index contributed by atoms with van der Waals surface area (Å²) in [4.78, 5) is 11.8. The summed E-state index contributed by atoms with van der Waals surface area (Å²) in [5, 5.41) is 3.80. The summed E-state index contributed by atoms with van der Waals surface area (Å²) < 4.78 is 5.10. The van der Waals surface area contributed by atoms with Crippen LogP contribution in [0.15, 0.2) is 47.1 Å². The lowest BCUT2D eigenvalue weighted by Gasteiger charge is -2.13. The SMILES string of the molecule is CC(NC(=O)C=Cc1ccco1)c1ccc(Cl)c(Cl)c1. The third-order valence-corrected chi connectivity index (χ3v) is 3.48. The molecule has 20 heavy (non-hydrogen) atoms. The Bertz CT molecular complexity index is 621. The number of hydrogen-bond donors (Lipinski definition) is 1. The van der Waals surface area contributed by atoms with E-state index in [1.165, 1.54) is 6.08 Å². The van der Waals surface area contributed by atoms with Crippen molar-refractivity contribution in [2.75, 3.05) is 0 Å². The van der Waals surface area contributed by atoms with Crippen LogP contribution in [0.25, 0.3) is 6.08 Å². The Morgan fingerprint density at radius 3 is 2.75 bits per heavy atom. The zero-order valence-electron chi connectivity index (χ0n) is 10.8. The normalized spacial score (nSPS) is 12.6. The zero-order chi connectivity index (χ0) is 14.5. The van der Waals surface area contributed by atoms with E-state index in [2.05, 4.69) is 5.32 Å². The van der Waals surface area contributed by atoms with Crippen molar-refractivity contribution in [1.29, 1.82) is 0 Å². The van der Waals surface area contributed by atoms with Crippen molar-refractivity contribution in [1.82, 2.24) is 5.32 Å². The van der Waals surface area contributed by atoms with Gasteiger partial charge in [-0.15, -0.1) is 0 Å². The van der Waals surface area contributed by atoms with Crippen LogP contribution in [-0.2, 0) is 4.79 Å². The van der Waals surface area contributed by atoms with Crippen LogP contribution in [0.3, 0.4) is 0 Å². The summed E-state index contributed by atoms with van der Waals surface area (Å²) >= 11 is 11.8. The first kappa shape index (κ1) is 14.7. The molecular weight excluding hydrogens is 297 g/mol. The van der Waals surface area contributed by atoms with Crippen LogP contribution in [0.2, 0.25) is 10.0 Å². The molecule has 0 aliphatic rings. The fourth-order valence-corrected chi connectivity index (χ4v) is 1.98. The summed E-state index contributed by atoms with van der Waals surface area (Å²) in [7, 11) is 0. The van der Waals surface area contributed by atoms with Crippen molar-refractivity contribution >= 4 is 35.2 Å². The molecule has 1 heterocycles. The molecule has 0 radical (unpaired) electrons. The molecule has 1 unspecified atom stereocenters. The third-order valence-electron chi connectivity index (χ3n) is 2.74. The van der Waals surface area contributed by atoms with Crippen LogP contribution < -0.4 is 5.32 Å². The lowest BCUT2D eigenvalue weighted by molar-refractivity contribution is -0.117. The van der Waals surface area contributed by atoms with Gasteiger partial charge in [0.1, 0.15) is 5.76 Å². The molecule has 2 aromatic rings. The maximum Gasteiger partial charge on any atom is 0.244 e. The number of hydrogen-bond acceptors (Lipinski definition) is 2. The van der Waals surface area contributed by atoms with Crippen LogP contribution in [0, 0.1) is 0 Å². The first-order chi connectivity index (χ1) is 9.56. The molecule has 1 aromatic carbocycles. The highest BCUT2D eigenvalue weighted by atomic mass is 35.5. The molecule has 5 heteroatoms. The standard InChI is InChI=1S/C15H13Cl2NO2/c1-10(11-4-6-13(16)14(17)9-11)18-15(19)7-5-12-3-2-8-20-12/h2-10H,1H3,(H,18,19). The van der Waals surface area contributed by atoms with E-state index in [0.29, 0.717) is 15.8 Å². The van der Waals surface area contributed by atoms with Crippen molar-refractivity contribution in [3.05, 3.63) is 64.0 Å². The Kier molecular flexibility index (Phi) is 4.88. The lowest BCUT2D eigenvalue weighted by Crippen LogP contribution is -2.24. The maximum atomic E-state index is 11.8. The number of benzene rings is 1. The molecule has 1 aromatic heterocycles. The molecule has 0 aliphatic heterocycles. The summed E-state index contributed by atoms with van der Waals surface area (Å²) in [6, 6.07) is 8.64. The van der Waals surface area contributed by atoms with Gasteiger partial charge >= 0.3 is 0 Å². The fraction of sp³-hybridized carbons (Fsp3) is 0.133. The van der Waals surface area contributed by atoms with Gasteiger partial charge in [0.2, 0.25) is 5.91 Å². The predicted molar refractivity (Wildman–Crippen MR) is 80.8 cm³/mol. The average molecular weight is 310 g/mol. The first-order valence-corrected chi connectivity index (χ1v) is 6.79. The largest absolute Gasteiger partial charge is 0.465 e. The van der Waals surface area contributed by atoms with Crippen LogP contribution in [-0.4, -0.2) is 5.91 Å². The highest BCUT2D eigenvalue weighted by Crippen LogP contribution is 2.25. The Balaban J connectivity index is 1.98. The van der Waals surface area contributed by atoms with E-state index in [1.54, 1.807) is 36.6 Å². The Hall–Kier alpha value is -1.71. The van der Waals surface area contributed by atoms with E-state index in [0.717, 1.165) is 5.56 Å².